The lowest BCUT2D eigenvalue weighted by Crippen LogP contribution is -2.37. The van der Waals surface area contributed by atoms with Gasteiger partial charge in [-0.3, -0.25) is 0 Å². The lowest BCUT2D eigenvalue weighted by atomic mass is 10.1. The minimum Gasteiger partial charge on any atom is -0.377 e. The van der Waals surface area contributed by atoms with Crippen LogP contribution in [0.3, 0.4) is 0 Å². The van der Waals surface area contributed by atoms with Crippen LogP contribution in [0.15, 0.2) is 0 Å². The second-order valence-corrected chi connectivity index (χ2v) is 4.04. The summed E-state index contributed by atoms with van der Waals surface area (Å²) in [5.41, 5.74) is -0.00507. The number of hydrogen-bond acceptors (Lipinski definition) is 2. The van der Waals surface area contributed by atoms with E-state index in [4.69, 9.17) is 4.74 Å². The highest BCUT2D eigenvalue weighted by Crippen LogP contribution is 2.27. The smallest absolute Gasteiger partial charge is 0.0746 e. The molecule has 0 aromatic carbocycles. The number of ether oxygens (including phenoxy) is 1. The van der Waals surface area contributed by atoms with Crippen LogP contribution >= 0.6 is 0 Å². The van der Waals surface area contributed by atoms with E-state index in [9.17, 15) is 0 Å². The molecule has 0 aromatic rings. The van der Waals surface area contributed by atoms with Gasteiger partial charge >= 0.3 is 0 Å². The summed E-state index contributed by atoms with van der Waals surface area (Å²) in [5.74, 6) is 0.961. The monoisotopic (exact) mass is 157 g/mol. The second-order valence-electron chi connectivity index (χ2n) is 4.04. The van der Waals surface area contributed by atoms with Crippen molar-refractivity contribution in [3.05, 3.63) is 0 Å². The van der Waals surface area contributed by atoms with Gasteiger partial charge < -0.3 is 10.1 Å². The van der Waals surface area contributed by atoms with E-state index in [1.54, 1.807) is 7.11 Å². The van der Waals surface area contributed by atoms with Gasteiger partial charge in [0.2, 0.25) is 0 Å². The molecule has 0 bridgehead atoms. The van der Waals surface area contributed by atoms with Gasteiger partial charge in [0, 0.05) is 13.7 Å². The van der Waals surface area contributed by atoms with Crippen LogP contribution in [-0.4, -0.2) is 25.8 Å². The highest BCUT2D eigenvalue weighted by atomic mass is 16.5. The molecule has 1 rings (SSSR count). The zero-order valence-electron chi connectivity index (χ0n) is 7.81. The Balaban J connectivity index is 1.99. The molecule has 1 aliphatic carbocycles. The molecule has 2 heteroatoms. The van der Waals surface area contributed by atoms with E-state index in [0.717, 1.165) is 12.5 Å². The molecule has 0 atom stereocenters. The maximum Gasteiger partial charge on any atom is 0.0746 e. The summed E-state index contributed by atoms with van der Waals surface area (Å²) in [7, 11) is 1.76. The summed E-state index contributed by atoms with van der Waals surface area (Å²) >= 11 is 0. The third-order valence-electron chi connectivity index (χ3n) is 2.23. The first-order valence-corrected chi connectivity index (χ1v) is 4.40. The summed E-state index contributed by atoms with van der Waals surface area (Å²) < 4.78 is 5.28. The Morgan fingerprint density at radius 2 is 2.09 bits per heavy atom. The molecule has 1 saturated carbocycles. The van der Waals surface area contributed by atoms with E-state index in [1.165, 1.54) is 19.4 Å². The molecule has 1 N–H and O–H groups in total. The number of nitrogens with one attached hydrogen (secondary N) is 1. The molecule has 0 radical (unpaired) electrons. The molecular formula is C9H19NO. The molecule has 1 aliphatic rings. The number of rotatable bonds is 5. The van der Waals surface area contributed by atoms with Gasteiger partial charge in [-0.25, -0.2) is 0 Å². The minimum atomic E-state index is -0.00507. The fourth-order valence-electron chi connectivity index (χ4n) is 0.971. The summed E-state index contributed by atoms with van der Waals surface area (Å²) in [6.45, 7) is 6.34. The Morgan fingerprint density at radius 1 is 1.45 bits per heavy atom. The highest BCUT2D eigenvalue weighted by Gasteiger charge is 2.22. The lowest BCUT2D eigenvalue weighted by Gasteiger charge is -2.23. The van der Waals surface area contributed by atoms with Gasteiger partial charge in [0.25, 0.3) is 0 Å². The molecule has 0 spiro atoms. The molecule has 0 heterocycles. The van der Waals surface area contributed by atoms with Crippen molar-refractivity contribution in [2.75, 3.05) is 20.2 Å². The normalized spacial score (nSPS) is 18.8. The van der Waals surface area contributed by atoms with Crippen LogP contribution in [0.25, 0.3) is 0 Å². The molecule has 0 aromatic heterocycles. The van der Waals surface area contributed by atoms with Crippen LogP contribution in [0.2, 0.25) is 0 Å². The van der Waals surface area contributed by atoms with Gasteiger partial charge in [-0.15, -0.1) is 0 Å². The molecule has 11 heavy (non-hydrogen) atoms. The van der Waals surface area contributed by atoms with E-state index in [0.29, 0.717) is 0 Å². The van der Waals surface area contributed by atoms with Crippen LogP contribution in [0, 0.1) is 5.92 Å². The summed E-state index contributed by atoms with van der Waals surface area (Å²) in [4.78, 5) is 0. The maximum absolute atomic E-state index is 5.28. The molecular weight excluding hydrogens is 138 g/mol. The maximum atomic E-state index is 5.28. The molecule has 66 valence electrons. The van der Waals surface area contributed by atoms with Gasteiger partial charge in [-0.2, -0.15) is 0 Å². The SMILES string of the molecule is COC(C)(C)CNCC1CC1. The van der Waals surface area contributed by atoms with Crippen LogP contribution in [-0.2, 0) is 4.74 Å². The predicted octanol–water partition coefficient (Wildman–Crippen LogP) is 1.41. The molecule has 0 aliphatic heterocycles. The summed E-state index contributed by atoms with van der Waals surface area (Å²) in [6.07, 6.45) is 2.83. The van der Waals surface area contributed by atoms with Gasteiger partial charge in [-0.1, -0.05) is 0 Å². The fourth-order valence-corrected chi connectivity index (χ4v) is 0.971. The Labute approximate surface area is 69.3 Å². The first-order chi connectivity index (χ1) is 5.14. The van der Waals surface area contributed by atoms with Crippen molar-refractivity contribution >= 4 is 0 Å². The van der Waals surface area contributed by atoms with Gasteiger partial charge in [0.1, 0.15) is 0 Å². The van der Waals surface area contributed by atoms with Crippen LogP contribution in [0.5, 0.6) is 0 Å². The molecule has 0 amide bonds. The molecule has 2 nitrogen and oxygen atoms in total. The van der Waals surface area contributed by atoms with Gasteiger partial charge in [0.15, 0.2) is 0 Å². The Bertz CT molecular complexity index is 119. The molecule has 0 unspecified atom stereocenters. The average Bonchev–Trinajstić information content (AvgIpc) is 2.71. The standard InChI is InChI=1S/C9H19NO/c1-9(2,11-3)7-10-6-8-4-5-8/h8,10H,4-7H2,1-3H3. The third-order valence-corrected chi connectivity index (χ3v) is 2.23. The van der Waals surface area contributed by atoms with Crippen molar-refractivity contribution < 1.29 is 4.74 Å². The van der Waals surface area contributed by atoms with E-state index >= 15 is 0 Å². The Hall–Kier alpha value is -0.0800. The Kier molecular flexibility index (Phi) is 2.90. The zero-order valence-corrected chi connectivity index (χ0v) is 7.81. The Morgan fingerprint density at radius 3 is 2.55 bits per heavy atom. The lowest BCUT2D eigenvalue weighted by molar-refractivity contribution is 0.0232. The predicted molar refractivity (Wildman–Crippen MR) is 46.7 cm³/mol. The van der Waals surface area contributed by atoms with Crippen molar-refractivity contribution in [3.63, 3.8) is 0 Å². The summed E-state index contributed by atoms with van der Waals surface area (Å²) in [6, 6.07) is 0. The zero-order chi connectivity index (χ0) is 8.32. The first-order valence-electron chi connectivity index (χ1n) is 4.40. The van der Waals surface area contributed by atoms with Gasteiger partial charge in [0.05, 0.1) is 5.60 Å². The topological polar surface area (TPSA) is 21.3 Å². The fraction of sp³-hybridized carbons (Fsp3) is 1.00. The van der Waals surface area contributed by atoms with E-state index < -0.39 is 0 Å². The largest absolute Gasteiger partial charge is 0.377 e. The van der Waals surface area contributed by atoms with Crippen molar-refractivity contribution in [3.8, 4) is 0 Å². The number of hydrogen-bond donors (Lipinski definition) is 1. The highest BCUT2D eigenvalue weighted by molar-refractivity contribution is 4.78. The van der Waals surface area contributed by atoms with Crippen LogP contribution < -0.4 is 5.32 Å². The average molecular weight is 157 g/mol. The van der Waals surface area contributed by atoms with Crippen molar-refractivity contribution in [2.45, 2.75) is 32.3 Å². The van der Waals surface area contributed by atoms with Crippen molar-refractivity contribution in [1.82, 2.24) is 5.32 Å². The summed E-state index contributed by atoms with van der Waals surface area (Å²) in [5, 5.41) is 3.41. The van der Waals surface area contributed by atoms with Crippen molar-refractivity contribution in [2.24, 2.45) is 5.92 Å². The second kappa shape index (κ2) is 3.55. The first kappa shape index (κ1) is 9.01. The van der Waals surface area contributed by atoms with E-state index in [-0.39, 0.29) is 5.60 Å². The van der Waals surface area contributed by atoms with Crippen LogP contribution in [0.1, 0.15) is 26.7 Å². The van der Waals surface area contributed by atoms with Crippen LogP contribution in [0.4, 0.5) is 0 Å². The van der Waals surface area contributed by atoms with Crippen molar-refractivity contribution in [1.29, 1.82) is 0 Å². The number of methoxy groups -OCH3 is 1. The molecule has 0 saturated heterocycles. The minimum absolute atomic E-state index is 0.00507. The third kappa shape index (κ3) is 3.73. The quantitative estimate of drug-likeness (QED) is 0.651. The molecule has 1 fully saturated rings. The van der Waals surface area contributed by atoms with E-state index in [2.05, 4.69) is 19.2 Å². The van der Waals surface area contributed by atoms with Gasteiger partial charge in [-0.05, 0) is 39.2 Å². The van der Waals surface area contributed by atoms with E-state index in [1.807, 2.05) is 0 Å².